The second-order valence-corrected chi connectivity index (χ2v) is 17.2. The molecule has 0 heterocycles. The molecule has 0 amide bonds. The Balaban J connectivity index is 1.18. The van der Waals surface area contributed by atoms with Crippen molar-refractivity contribution in [2.24, 2.45) is 57.7 Å². The quantitative estimate of drug-likeness (QED) is 0.151. The van der Waals surface area contributed by atoms with Gasteiger partial charge in [-0.2, -0.15) is 0 Å². The molecule has 9 unspecified atom stereocenters. The fourth-order valence-corrected chi connectivity index (χ4v) is 11.6. The zero-order valence-electron chi connectivity index (χ0n) is 29.8. The summed E-state index contributed by atoms with van der Waals surface area (Å²) in [6.45, 7) is 17.2. The third-order valence-corrected chi connectivity index (χ3v) is 13.9. The summed E-state index contributed by atoms with van der Waals surface area (Å²) in [5.41, 5.74) is 14.0. The van der Waals surface area contributed by atoms with Gasteiger partial charge < -0.3 is 20.9 Å². The topological polar surface area (TPSA) is 105 Å². The Labute approximate surface area is 278 Å². The first kappa shape index (κ1) is 34.8. The van der Waals surface area contributed by atoms with Crippen LogP contribution in [0.2, 0.25) is 0 Å². The number of esters is 2. The largest absolute Gasteiger partial charge is 0.459 e. The molecular weight excluding hydrogens is 572 g/mol. The number of ether oxygens (including phenoxy) is 2. The highest BCUT2D eigenvalue weighted by atomic mass is 16.5. The van der Waals surface area contributed by atoms with Crippen molar-refractivity contribution in [3.63, 3.8) is 0 Å². The minimum absolute atomic E-state index is 0.0143. The first-order valence-corrected chi connectivity index (χ1v) is 18.4. The van der Waals surface area contributed by atoms with Gasteiger partial charge in [0.25, 0.3) is 0 Å². The van der Waals surface area contributed by atoms with E-state index in [1.54, 1.807) is 18.2 Å². The summed E-state index contributed by atoms with van der Waals surface area (Å²) in [6.07, 6.45) is 16.4. The zero-order chi connectivity index (χ0) is 33.4. The van der Waals surface area contributed by atoms with Crippen LogP contribution in [0.5, 0.6) is 0 Å². The third-order valence-electron chi connectivity index (χ3n) is 13.9. The summed E-state index contributed by atoms with van der Waals surface area (Å²) in [5, 5.41) is 0. The lowest BCUT2D eigenvalue weighted by Crippen LogP contribution is -2.59. The maximum absolute atomic E-state index is 12.9. The molecule has 256 valence electrons. The maximum atomic E-state index is 12.9. The van der Waals surface area contributed by atoms with Crippen LogP contribution in [0.25, 0.3) is 0 Å². The lowest BCUT2D eigenvalue weighted by atomic mass is 9.41. The molecule has 6 heteroatoms. The van der Waals surface area contributed by atoms with Gasteiger partial charge >= 0.3 is 11.9 Å². The lowest BCUT2D eigenvalue weighted by molar-refractivity contribution is -0.194. The molecule has 4 saturated carbocycles. The second-order valence-electron chi connectivity index (χ2n) is 17.2. The Morgan fingerprint density at radius 3 is 2.28 bits per heavy atom. The SMILES string of the molecule is CC(C)CCCC(C)C1CCC2C3CCC4C(C)(C)C(OC(=O)/C=C\C(=O)OCc5ccc(N)cc5N)CCC4(C)C3CCC12C. The van der Waals surface area contributed by atoms with E-state index in [4.69, 9.17) is 20.9 Å². The number of anilines is 2. The van der Waals surface area contributed by atoms with Crippen molar-refractivity contribution >= 4 is 23.3 Å². The van der Waals surface area contributed by atoms with E-state index >= 15 is 0 Å². The number of hydrogen-bond donors (Lipinski definition) is 2. The molecule has 9 atom stereocenters. The van der Waals surface area contributed by atoms with E-state index in [0.29, 0.717) is 28.3 Å². The molecule has 46 heavy (non-hydrogen) atoms. The lowest BCUT2D eigenvalue weighted by Gasteiger charge is -2.65. The van der Waals surface area contributed by atoms with Crippen LogP contribution in [-0.2, 0) is 25.7 Å². The second kappa shape index (κ2) is 13.5. The monoisotopic (exact) mass is 634 g/mol. The number of fused-ring (bicyclic) bond motifs is 5. The van der Waals surface area contributed by atoms with E-state index < -0.39 is 11.9 Å². The molecule has 0 bridgehead atoms. The Morgan fingerprint density at radius 2 is 1.57 bits per heavy atom. The Hall–Kier alpha value is -2.50. The van der Waals surface area contributed by atoms with E-state index in [1.165, 1.54) is 63.9 Å². The van der Waals surface area contributed by atoms with Crippen molar-refractivity contribution in [3.8, 4) is 0 Å². The Bertz CT molecular complexity index is 1290. The summed E-state index contributed by atoms with van der Waals surface area (Å²) >= 11 is 0. The van der Waals surface area contributed by atoms with Gasteiger partial charge in [0.05, 0.1) is 0 Å². The first-order valence-electron chi connectivity index (χ1n) is 18.4. The van der Waals surface area contributed by atoms with Gasteiger partial charge in [-0.3, -0.25) is 0 Å². The number of nitrogen functional groups attached to an aromatic ring is 2. The van der Waals surface area contributed by atoms with Gasteiger partial charge in [-0.25, -0.2) is 9.59 Å². The van der Waals surface area contributed by atoms with E-state index in [-0.39, 0.29) is 23.5 Å². The van der Waals surface area contributed by atoms with Crippen LogP contribution < -0.4 is 11.5 Å². The van der Waals surface area contributed by atoms with Gasteiger partial charge in [-0.05, 0) is 116 Å². The zero-order valence-corrected chi connectivity index (χ0v) is 29.8. The molecule has 4 N–H and O–H groups in total. The first-order chi connectivity index (χ1) is 21.7. The highest BCUT2D eigenvalue weighted by Crippen LogP contribution is 2.70. The van der Waals surface area contributed by atoms with Crippen molar-refractivity contribution < 1.29 is 19.1 Å². The predicted octanol–water partition coefficient (Wildman–Crippen LogP) is 9.12. The highest BCUT2D eigenvalue weighted by molar-refractivity contribution is 5.91. The van der Waals surface area contributed by atoms with Crippen LogP contribution in [0.4, 0.5) is 11.4 Å². The van der Waals surface area contributed by atoms with Crippen LogP contribution in [-0.4, -0.2) is 18.0 Å². The summed E-state index contributed by atoms with van der Waals surface area (Å²) in [7, 11) is 0. The minimum Gasteiger partial charge on any atom is -0.459 e. The molecule has 1 aromatic rings. The fraction of sp³-hybridized carbons (Fsp3) is 0.750. The van der Waals surface area contributed by atoms with Crippen LogP contribution in [0.1, 0.15) is 125 Å². The molecule has 0 aromatic heterocycles. The van der Waals surface area contributed by atoms with Crippen molar-refractivity contribution in [3.05, 3.63) is 35.9 Å². The van der Waals surface area contributed by atoms with Crippen LogP contribution >= 0.6 is 0 Å². The maximum Gasteiger partial charge on any atom is 0.331 e. The molecular formula is C40H62N2O4. The Kier molecular flexibility index (Phi) is 10.3. The van der Waals surface area contributed by atoms with Crippen LogP contribution in [0, 0.1) is 57.7 Å². The Morgan fingerprint density at radius 1 is 0.870 bits per heavy atom. The van der Waals surface area contributed by atoms with E-state index in [9.17, 15) is 9.59 Å². The predicted molar refractivity (Wildman–Crippen MR) is 186 cm³/mol. The number of nitrogens with two attached hydrogens (primary N) is 2. The normalized spacial score (nSPS) is 35.7. The molecule has 0 spiro atoms. The van der Waals surface area contributed by atoms with Crippen LogP contribution in [0.3, 0.4) is 0 Å². The van der Waals surface area contributed by atoms with E-state index in [1.807, 2.05) is 0 Å². The molecule has 1 aromatic carbocycles. The molecule has 4 fully saturated rings. The van der Waals surface area contributed by atoms with Crippen molar-refractivity contribution in [2.45, 2.75) is 132 Å². The van der Waals surface area contributed by atoms with Crippen molar-refractivity contribution in [1.29, 1.82) is 0 Å². The number of carbonyl (C=O) groups excluding carboxylic acids is 2. The molecule has 5 rings (SSSR count). The molecule has 4 aliphatic carbocycles. The molecule has 0 saturated heterocycles. The molecule has 0 radical (unpaired) electrons. The smallest absolute Gasteiger partial charge is 0.331 e. The standard InChI is InChI=1S/C40H62N2O4/c1-25(2)9-8-10-26(3)30-14-15-31-29-13-16-34-38(4,5)35(20-22-40(34,7)32(29)19-21-39(30,31)6)46-37(44)18-17-36(43)45-24-27-11-12-28(41)23-33(27)42/h11-12,17-18,23,25-26,29-32,34-35H,8-10,13-16,19-22,24,41-42H2,1-7H3/b18-17-. The average Bonchev–Trinajstić information content (AvgIpc) is 3.34. The molecule has 6 nitrogen and oxygen atoms in total. The number of carbonyl (C=O) groups is 2. The minimum atomic E-state index is -0.606. The molecule has 4 aliphatic rings. The number of benzene rings is 1. The number of hydrogen-bond acceptors (Lipinski definition) is 6. The van der Waals surface area contributed by atoms with Crippen molar-refractivity contribution in [1.82, 2.24) is 0 Å². The van der Waals surface area contributed by atoms with Gasteiger partial charge in [-0.15, -0.1) is 0 Å². The van der Waals surface area contributed by atoms with Gasteiger partial charge in [0, 0.05) is 34.5 Å². The van der Waals surface area contributed by atoms with Gasteiger partial charge in [-0.1, -0.05) is 73.8 Å². The fourth-order valence-electron chi connectivity index (χ4n) is 11.6. The van der Waals surface area contributed by atoms with Crippen molar-refractivity contribution in [2.75, 3.05) is 11.5 Å². The van der Waals surface area contributed by atoms with Gasteiger partial charge in [0.1, 0.15) is 12.7 Å². The third kappa shape index (κ3) is 6.74. The van der Waals surface area contributed by atoms with E-state index in [0.717, 1.165) is 54.4 Å². The number of rotatable bonds is 10. The summed E-state index contributed by atoms with van der Waals surface area (Å²) in [6, 6.07) is 5.07. The summed E-state index contributed by atoms with van der Waals surface area (Å²) in [5.74, 6) is 4.41. The van der Waals surface area contributed by atoms with Crippen LogP contribution in [0.15, 0.2) is 30.4 Å². The highest BCUT2D eigenvalue weighted by Gasteiger charge is 2.63. The van der Waals surface area contributed by atoms with Gasteiger partial charge in [0.2, 0.25) is 0 Å². The summed E-state index contributed by atoms with van der Waals surface area (Å²) in [4.78, 5) is 25.3. The van der Waals surface area contributed by atoms with Gasteiger partial charge in [0.15, 0.2) is 0 Å². The van der Waals surface area contributed by atoms with E-state index in [2.05, 4.69) is 48.5 Å². The summed E-state index contributed by atoms with van der Waals surface area (Å²) < 4.78 is 11.4. The average molecular weight is 635 g/mol. The molecule has 0 aliphatic heterocycles.